The molecule has 1 spiro atoms. The van der Waals surface area contributed by atoms with E-state index in [1.54, 1.807) is 12.1 Å². The number of carbonyl (C=O) groups excluding carboxylic acids is 2. The van der Waals surface area contributed by atoms with Crippen LogP contribution in [-0.4, -0.2) is 60.4 Å². The number of benzene rings is 1. The summed E-state index contributed by atoms with van der Waals surface area (Å²) in [6.07, 6.45) is 9.67. The monoisotopic (exact) mass is 443 g/mol. The highest BCUT2D eigenvalue weighted by Gasteiger charge is 2.50. The van der Waals surface area contributed by atoms with Crippen LogP contribution in [0.5, 0.6) is 0 Å². The number of hydrogen-bond donors (Lipinski definition) is 2. The summed E-state index contributed by atoms with van der Waals surface area (Å²) in [5, 5.41) is 12.2. The zero-order valence-electron chi connectivity index (χ0n) is 18.2. The van der Waals surface area contributed by atoms with Gasteiger partial charge in [-0.15, -0.1) is 6.42 Å². The minimum Gasteiger partial charge on any atom is -0.436 e. The van der Waals surface area contributed by atoms with Gasteiger partial charge < -0.3 is 19.6 Å². The van der Waals surface area contributed by atoms with Crippen LogP contribution in [0.25, 0.3) is 0 Å². The van der Waals surface area contributed by atoms with E-state index < -0.39 is 17.3 Å². The summed E-state index contributed by atoms with van der Waals surface area (Å²) >= 11 is 0. The van der Waals surface area contributed by atoms with Crippen LogP contribution in [0.3, 0.4) is 0 Å². The number of halogens is 1. The van der Waals surface area contributed by atoms with Crippen LogP contribution in [0.1, 0.15) is 44.9 Å². The van der Waals surface area contributed by atoms with Crippen molar-refractivity contribution in [2.24, 2.45) is 5.41 Å². The molecule has 1 aliphatic carbocycles. The fourth-order valence-corrected chi connectivity index (χ4v) is 5.38. The molecule has 2 aliphatic heterocycles. The highest BCUT2D eigenvalue weighted by atomic mass is 19.1. The molecule has 1 unspecified atom stereocenters. The first kappa shape index (κ1) is 22.4. The van der Waals surface area contributed by atoms with E-state index in [2.05, 4.69) is 11.2 Å². The van der Waals surface area contributed by atoms with Crippen molar-refractivity contribution in [3.05, 3.63) is 24.0 Å². The van der Waals surface area contributed by atoms with Crippen molar-refractivity contribution < 1.29 is 23.8 Å². The lowest BCUT2D eigenvalue weighted by Crippen LogP contribution is -2.50. The molecule has 0 radical (unpaired) electrons. The number of anilines is 2. The molecule has 1 atom stereocenters. The normalized spacial score (nSPS) is 28.0. The highest BCUT2D eigenvalue weighted by molar-refractivity contribution is 5.87. The molecule has 3 fully saturated rings. The van der Waals surface area contributed by atoms with Gasteiger partial charge in [-0.05, 0) is 63.1 Å². The van der Waals surface area contributed by atoms with Gasteiger partial charge in [-0.2, -0.15) is 0 Å². The van der Waals surface area contributed by atoms with Crippen molar-refractivity contribution >= 4 is 23.4 Å². The number of hydrogen-bond acceptors (Lipinski definition) is 5. The maximum absolute atomic E-state index is 14.9. The van der Waals surface area contributed by atoms with E-state index in [4.69, 9.17) is 11.2 Å². The minimum absolute atomic E-state index is 0.158. The van der Waals surface area contributed by atoms with Crippen LogP contribution in [0, 0.1) is 23.6 Å². The Balaban J connectivity index is 1.43. The molecule has 2 N–H and O–H groups in total. The molecule has 7 nitrogen and oxygen atoms in total. The Bertz CT molecular complexity index is 909. The quantitative estimate of drug-likeness (QED) is 0.699. The van der Waals surface area contributed by atoms with Crippen molar-refractivity contribution in [2.75, 3.05) is 36.5 Å². The average molecular weight is 444 g/mol. The standard InChI is InChI=1S/C24H30FN3O4/c1-2-14-32-23(31)26-17-4-9-21(20(25)15-17)27-12-3-10-24(16-27)11-13-28(22(24)30)18-5-7-19(29)8-6-18/h1,4,9,15,18-19,29H,3,5-8,10-14,16H2,(H,26,31). The fraction of sp³-hybridized carbons (Fsp3) is 0.583. The number of aliphatic hydroxyl groups excluding tert-OH is 1. The second-order valence-corrected chi connectivity index (χ2v) is 9.09. The van der Waals surface area contributed by atoms with Crippen LogP contribution >= 0.6 is 0 Å². The Morgan fingerprint density at radius 1 is 1.28 bits per heavy atom. The number of nitrogens with zero attached hydrogens (tertiary/aromatic N) is 2. The molecular weight excluding hydrogens is 413 g/mol. The topological polar surface area (TPSA) is 82.1 Å². The van der Waals surface area contributed by atoms with Crippen molar-refractivity contribution in [3.63, 3.8) is 0 Å². The van der Waals surface area contributed by atoms with E-state index in [0.717, 1.165) is 51.5 Å². The Morgan fingerprint density at radius 3 is 2.78 bits per heavy atom. The third-order valence-electron chi connectivity index (χ3n) is 7.05. The van der Waals surface area contributed by atoms with Gasteiger partial charge in [-0.3, -0.25) is 10.1 Å². The second-order valence-electron chi connectivity index (χ2n) is 9.09. The number of terminal acetylenes is 1. The number of aliphatic hydroxyl groups is 1. The van der Waals surface area contributed by atoms with Crippen LogP contribution in [0.4, 0.5) is 20.6 Å². The number of nitrogens with one attached hydrogen (secondary N) is 1. The van der Waals surface area contributed by atoms with Crippen molar-refractivity contribution in [1.29, 1.82) is 0 Å². The van der Waals surface area contributed by atoms with E-state index in [9.17, 15) is 19.1 Å². The summed E-state index contributed by atoms with van der Waals surface area (Å²) in [6, 6.07) is 4.71. The SMILES string of the molecule is C#CCOC(=O)Nc1ccc(N2CCCC3(CCN(C4CCC(O)CC4)C3=O)C2)c(F)c1. The van der Waals surface area contributed by atoms with Gasteiger partial charge in [0.1, 0.15) is 5.82 Å². The van der Waals surface area contributed by atoms with Crippen molar-refractivity contribution in [3.8, 4) is 12.3 Å². The first-order valence-electron chi connectivity index (χ1n) is 11.3. The van der Waals surface area contributed by atoms with Gasteiger partial charge >= 0.3 is 6.09 Å². The first-order valence-corrected chi connectivity index (χ1v) is 11.3. The smallest absolute Gasteiger partial charge is 0.412 e. The predicted octanol–water partition coefficient (Wildman–Crippen LogP) is 3.13. The van der Waals surface area contributed by atoms with E-state index in [-0.39, 0.29) is 30.3 Å². The molecule has 3 aliphatic rings. The predicted molar refractivity (Wildman–Crippen MR) is 119 cm³/mol. The second kappa shape index (κ2) is 9.37. The van der Waals surface area contributed by atoms with Gasteiger partial charge in [0.25, 0.3) is 0 Å². The number of piperidine rings is 1. The van der Waals surface area contributed by atoms with Gasteiger partial charge in [0.2, 0.25) is 5.91 Å². The Kier molecular flexibility index (Phi) is 6.56. The number of rotatable bonds is 4. The average Bonchev–Trinajstić information content (AvgIpc) is 3.08. The Hall–Kier alpha value is -2.79. The van der Waals surface area contributed by atoms with Crippen LogP contribution < -0.4 is 10.2 Å². The van der Waals surface area contributed by atoms with Gasteiger partial charge in [0.05, 0.1) is 17.2 Å². The Morgan fingerprint density at radius 2 is 2.06 bits per heavy atom. The molecule has 0 bridgehead atoms. The molecule has 2 amide bonds. The molecule has 1 aromatic rings. The summed E-state index contributed by atoms with van der Waals surface area (Å²) in [6.45, 7) is 1.75. The maximum Gasteiger partial charge on any atom is 0.412 e. The lowest BCUT2D eigenvalue weighted by molar-refractivity contribution is -0.139. The van der Waals surface area contributed by atoms with Crippen molar-refractivity contribution in [1.82, 2.24) is 4.90 Å². The van der Waals surface area contributed by atoms with Gasteiger partial charge in [-0.1, -0.05) is 5.92 Å². The van der Waals surface area contributed by atoms with Gasteiger partial charge in [0, 0.05) is 31.4 Å². The summed E-state index contributed by atoms with van der Waals surface area (Å²) < 4.78 is 19.7. The molecule has 0 aromatic heterocycles. The largest absolute Gasteiger partial charge is 0.436 e. The highest BCUT2D eigenvalue weighted by Crippen LogP contribution is 2.43. The third-order valence-corrected chi connectivity index (χ3v) is 7.05. The lowest BCUT2D eigenvalue weighted by Gasteiger charge is -2.41. The Labute approximate surface area is 187 Å². The molecule has 4 rings (SSSR count). The molecule has 172 valence electrons. The van der Waals surface area contributed by atoms with Crippen LogP contribution in [0.2, 0.25) is 0 Å². The van der Waals surface area contributed by atoms with E-state index in [1.807, 2.05) is 9.80 Å². The minimum atomic E-state index is -0.737. The molecular formula is C24H30FN3O4. The van der Waals surface area contributed by atoms with E-state index >= 15 is 0 Å². The summed E-state index contributed by atoms with van der Waals surface area (Å²) in [7, 11) is 0. The molecule has 8 heteroatoms. The molecule has 1 saturated carbocycles. The number of likely N-dealkylation sites (tertiary alicyclic amines) is 1. The van der Waals surface area contributed by atoms with E-state index in [1.165, 1.54) is 6.07 Å². The number of ether oxygens (including phenoxy) is 1. The lowest BCUT2D eigenvalue weighted by atomic mass is 9.78. The molecule has 1 aromatic carbocycles. The summed E-state index contributed by atoms with van der Waals surface area (Å²) in [5.74, 6) is 1.92. The van der Waals surface area contributed by atoms with Gasteiger partial charge in [-0.25, -0.2) is 9.18 Å². The molecule has 32 heavy (non-hydrogen) atoms. The van der Waals surface area contributed by atoms with Crippen molar-refractivity contribution in [2.45, 2.75) is 57.1 Å². The molecule has 2 heterocycles. The zero-order valence-corrected chi connectivity index (χ0v) is 18.2. The zero-order chi connectivity index (χ0) is 22.7. The maximum atomic E-state index is 14.9. The molecule has 2 saturated heterocycles. The summed E-state index contributed by atoms with van der Waals surface area (Å²) in [5.41, 5.74) is 0.234. The van der Waals surface area contributed by atoms with Crippen LogP contribution in [-0.2, 0) is 9.53 Å². The van der Waals surface area contributed by atoms with E-state index in [0.29, 0.717) is 18.8 Å². The summed E-state index contributed by atoms with van der Waals surface area (Å²) in [4.78, 5) is 29.1. The first-order chi connectivity index (χ1) is 15.4. The van der Waals surface area contributed by atoms with Gasteiger partial charge in [0.15, 0.2) is 6.61 Å². The number of amides is 2. The number of carbonyl (C=O) groups is 2. The fourth-order valence-electron chi connectivity index (χ4n) is 5.38. The van der Waals surface area contributed by atoms with Crippen LogP contribution in [0.15, 0.2) is 18.2 Å². The third kappa shape index (κ3) is 4.53.